The van der Waals surface area contributed by atoms with E-state index in [-0.39, 0.29) is 5.69 Å². The molecule has 0 unspecified atom stereocenters. The highest BCUT2D eigenvalue weighted by Gasteiger charge is 2.14. The van der Waals surface area contributed by atoms with E-state index in [9.17, 15) is 14.9 Å². The van der Waals surface area contributed by atoms with E-state index in [4.69, 9.17) is 9.47 Å². The van der Waals surface area contributed by atoms with Crippen molar-refractivity contribution in [1.29, 1.82) is 0 Å². The third-order valence-electron chi connectivity index (χ3n) is 3.37. The Labute approximate surface area is 156 Å². The molecule has 0 aliphatic rings. The number of hydrazone groups is 1. The first-order chi connectivity index (χ1) is 13.0. The summed E-state index contributed by atoms with van der Waals surface area (Å²) in [4.78, 5) is 22.1. The number of carbonyl (C=O) groups is 1. The lowest BCUT2D eigenvalue weighted by Crippen LogP contribution is -2.33. The number of non-ortho nitro benzene ring substituents is 1. The third kappa shape index (κ3) is 6.28. The van der Waals surface area contributed by atoms with Crippen molar-refractivity contribution < 1.29 is 19.2 Å². The van der Waals surface area contributed by atoms with Gasteiger partial charge in [0.05, 0.1) is 11.1 Å². The van der Waals surface area contributed by atoms with Gasteiger partial charge in [0.2, 0.25) is 0 Å². The van der Waals surface area contributed by atoms with Crippen molar-refractivity contribution in [2.45, 2.75) is 13.0 Å². The standard InChI is InChI=1S/C19H19N3O5/c1-3-12-26-17-8-4-15(5-9-17)13-20-21-19(23)14(2)27-18-10-6-16(7-11-18)22(24)25/h3-11,13-14H,1,12H2,2H3,(H,21,23)/b20-13-/t14-/m0/s1. The van der Waals surface area contributed by atoms with Crippen molar-refractivity contribution in [3.8, 4) is 11.5 Å². The van der Waals surface area contributed by atoms with Crippen molar-refractivity contribution >= 4 is 17.8 Å². The molecule has 0 saturated heterocycles. The molecule has 8 nitrogen and oxygen atoms in total. The molecular weight excluding hydrogens is 350 g/mol. The molecule has 8 heteroatoms. The van der Waals surface area contributed by atoms with E-state index in [0.717, 1.165) is 5.56 Å². The quantitative estimate of drug-likeness (QED) is 0.317. The molecule has 0 spiro atoms. The monoisotopic (exact) mass is 369 g/mol. The molecule has 0 aromatic heterocycles. The minimum absolute atomic E-state index is 0.0510. The second-order valence-electron chi connectivity index (χ2n) is 5.41. The maximum absolute atomic E-state index is 12.0. The number of hydrogen-bond acceptors (Lipinski definition) is 6. The Kier molecular flexibility index (Phi) is 7.07. The topological polar surface area (TPSA) is 103 Å². The zero-order valence-corrected chi connectivity index (χ0v) is 14.7. The molecule has 2 rings (SSSR count). The highest BCUT2D eigenvalue weighted by molar-refractivity contribution is 5.84. The Morgan fingerprint density at radius 1 is 1.22 bits per heavy atom. The van der Waals surface area contributed by atoms with Gasteiger partial charge in [-0.15, -0.1) is 0 Å². The largest absolute Gasteiger partial charge is 0.490 e. The molecule has 0 fully saturated rings. The number of benzene rings is 2. The Morgan fingerprint density at radius 2 is 1.85 bits per heavy atom. The summed E-state index contributed by atoms with van der Waals surface area (Å²) in [6, 6.07) is 12.6. The summed E-state index contributed by atoms with van der Waals surface area (Å²) in [5.41, 5.74) is 3.11. The summed E-state index contributed by atoms with van der Waals surface area (Å²) in [5, 5.41) is 14.5. The molecule has 1 amide bonds. The van der Waals surface area contributed by atoms with Crippen LogP contribution in [0.1, 0.15) is 12.5 Å². The molecule has 1 atom stereocenters. The number of nitrogens with zero attached hydrogens (tertiary/aromatic N) is 2. The molecule has 140 valence electrons. The van der Waals surface area contributed by atoms with E-state index in [1.165, 1.54) is 30.5 Å². The zero-order valence-electron chi connectivity index (χ0n) is 14.7. The minimum atomic E-state index is -0.821. The molecule has 1 N–H and O–H groups in total. The molecule has 0 radical (unpaired) electrons. The molecule has 27 heavy (non-hydrogen) atoms. The number of nitro benzene ring substituents is 1. The molecule has 2 aromatic carbocycles. The summed E-state index contributed by atoms with van der Waals surface area (Å²) in [6.45, 7) is 5.56. The second kappa shape index (κ2) is 9.71. The van der Waals surface area contributed by atoms with E-state index in [1.54, 1.807) is 37.3 Å². The van der Waals surface area contributed by atoms with Gasteiger partial charge in [0, 0.05) is 12.1 Å². The first-order valence-corrected chi connectivity index (χ1v) is 8.07. The Balaban J connectivity index is 1.84. The summed E-state index contributed by atoms with van der Waals surface area (Å²) < 4.78 is 10.8. The zero-order chi connectivity index (χ0) is 19.6. The molecular formula is C19H19N3O5. The van der Waals surface area contributed by atoms with Crippen LogP contribution in [-0.4, -0.2) is 29.8 Å². The lowest BCUT2D eigenvalue weighted by molar-refractivity contribution is -0.384. The van der Waals surface area contributed by atoms with Crippen LogP contribution in [-0.2, 0) is 4.79 Å². The van der Waals surface area contributed by atoms with E-state index in [1.807, 2.05) is 0 Å². The van der Waals surface area contributed by atoms with Gasteiger partial charge in [-0.2, -0.15) is 5.10 Å². The minimum Gasteiger partial charge on any atom is -0.490 e. The van der Waals surface area contributed by atoms with Gasteiger partial charge in [-0.05, 0) is 48.9 Å². The van der Waals surface area contributed by atoms with Crippen LogP contribution in [0.15, 0.2) is 66.3 Å². The van der Waals surface area contributed by atoms with Crippen molar-refractivity contribution in [2.75, 3.05) is 6.61 Å². The number of amides is 1. The molecule has 0 bridgehead atoms. The van der Waals surface area contributed by atoms with Crippen LogP contribution in [0, 0.1) is 10.1 Å². The van der Waals surface area contributed by atoms with Crippen LogP contribution in [0.4, 0.5) is 5.69 Å². The fraction of sp³-hybridized carbons (Fsp3) is 0.158. The lowest BCUT2D eigenvalue weighted by Gasteiger charge is -2.12. The van der Waals surface area contributed by atoms with Gasteiger partial charge < -0.3 is 9.47 Å². The first-order valence-electron chi connectivity index (χ1n) is 8.07. The van der Waals surface area contributed by atoms with Gasteiger partial charge in [-0.25, -0.2) is 5.43 Å². The summed E-state index contributed by atoms with van der Waals surface area (Å²) in [5.74, 6) is 0.610. The van der Waals surface area contributed by atoms with Crippen LogP contribution < -0.4 is 14.9 Å². The Hall–Kier alpha value is -3.68. The Bertz CT molecular complexity index is 816. The predicted molar refractivity (Wildman–Crippen MR) is 101 cm³/mol. The van der Waals surface area contributed by atoms with E-state index in [0.29, 0.717) is 18.1 Å². The average molecular weight is 369 g/mol. The van der Waals surface area contributed by atoms with Crippen molar-refractivity contribution in [1.82, 2.24) is 5.43 Å². The van der Waals surface area contributed by atoms with Gasteiger partial charge in [0.25, 0.3) is 11.6 Å². The van der Waals surface area contributed by atoms with Gasteiger partial charge >= 0.3 is 0 Å². The normalized spacial score (nSPS) is 11.6. The average Bonchev–Trinajstić information content (AvgIpc) is 2.67. The van der Waals surface area contributed by atoms with Crippen LogP contribution in [0.2, 0.25) is 0 Å². The van der Waals surface area contributed by atoms with Crippen molar-refractivity contribution in [3.63, 3.8) is 0 Å². The fourth-order valence-electron chi connectivity index (χ4n) is 1.97. The molecule has 0 heterocycles. The highest BCUT2D eigenvalue weighted by Crippen LogP contribution is 2.18. The van der Waals surface area contributed by atoms with Gasteiger partial charge in [0.15, 0.2) is 6.10 Å². The maximum atomic E-state index is 12.0. The fourth-order valence-corrected chi connectivity index (χ4v) is 1.97. The van der Waals surface area contributed by atoms with Crippen LogP contribution in [0.25, 0.3) is 0 Å². The Morgan fingerprint density at radius 3 is 2.44 bits per heavy atom. The maximum Gasteiger partial charge on any atom is 0.280 e. The molecule has 0 aliphatic carbocycles. The van der Waals surface area contributed by atoms with E-state index in [2.05, 4.69) is 17.1 Å². The lowest BCUT2D eigenvalue weighted by atomic mass is 10.2. The third-order valence-corrected chi connectivity index (χ3v) is 3.37. The van der Waals surface area contributed by atoms with Crippen LogP contribution in [0.3, 0.4) is 0 Å². The molecule has 0 saturated carbocycles. The summed E-state index contributed by atoms with van der Waals surface area (Å²) in [6.07, 6.45) is 2.33. The number of hydrogen-bond donors (Lipinski definition) is 1. The number of carbonyl (C=O) groups excluding carboxylic acids is 1. The predicted octanol–water partition coefficient (Wildman–Crippen LogP) is 3.08. The van der Waals surface area contributed by atoms with Crippen molar-refractivity contribution in [3.05, 3.63) is 76.9 Å². The van der Waals surface area contributed by atoms with Gasteiger partial charge in [-0.1, -0.05) is 12.7 Å². The van der Waals surface area contributed by atoms with E-state index < -0.39 is 16.9 Å². The smallest absolute Gasteiger partial charge is 0.280 e. The number of rotatable bonds is 9. The molecule has 0 aliphatic heterocycles. The summed E-state index contributed by atoms with van der Waals surface area (Å²) >= 11 is 0. The SMILES string of the molecule is C=CCOc1ccc(/C=N\NC(=O)[C@H](C)Oc2ccc([N+](=O)[O-])cc2)cc1. The van der Waals surface area contributed by atoms with Gasteiger partial charge in [0.1, 0.15) is 18.1 Å². The second-order valence-corrected chi connectivity index (χ2v) is 5.41. The van der Waals surface area contributed by atoms with Gasteiger partial charge in [-0.3, -0.25) is 14.9 Å². The van der Waals surface area contributed by atoms with Crippen LogP contribution >= 0.6 is 0 Å². The number of nitrogens with one attached hydrogen (secondary N) is 1. The number of ether oxygens (including phenoxy) is 2. The molecule has 2 aromatic rings. The highest BCUT2D eigenvalue weighted by atomic mass is 16.6. The van der Waals surface area contributed by atoms with Crippen molar-refractivity contribution in [2.24, 2.45) is 5.10 Å². The summed E-state index contributed by atoms with van der Waals surface area (Å²) in [7, 11) is 0. The van der Waals surface area contributed by atoms with E-state index >= 15 is 0 Å². The number of nitro groups is 1. The first kappa shape index (κ1) is 19.6. The van der Waals surface area contributed by atoms with Crippen LogP contribution in [0.5, 0.6) is 11.5 Å².